The van der Waals surface area contributed by atoms with Gasteiger partial charge in [0.15, 0.2) is 0 Å². The number of ether oxygens (including phenoxy) is 1. The molecular formula is C15H20ClNO2. The summed E-state index contributed by atoms with van der Waals surface area (Å²) >= 11 is 5.88. The van der Waals surface area contributed by atoms with Gasteiger partial charge >= 0.3 is 5.97 Å². The Hall–Kier alpha value is -1.06. The van der Waals surface area contributed by atoms with E-state index in [0.29, 0.717) is 6.61 Å². The van der Waals surface area contributed by atoms with Crippen molar-refractivity contribution in [3.8, 4) is 0 Å². The first kappa shape index (κ1) is 14.4. The van der Waals surface area contributed by atoms with E-state index < -0.39 is 0 Å². The minimum atomic E-state index is -0.0525. The van der Waals surface area contributed by atoms with Gasteiger partial charge in [0, 0.05) is 18.1 Å². The Bertz CT molecular complexity index is 419. The van der Waals surface area contributed by atoms with Gasteiger partial charge in [-0.05, 0) is 44.0 Å². The standard InChI is InChI=1S/C15H20ClNO2/c1-2-19-15(18)13-4-3-9-17(11-13)10-12-5-7-14(16)8-6-12/h5-8,13H,2-4,9-11H2,1H3/t13-/m0/s1. The predicted octanol–water partition coefficient (Wildman–Crippen LogP) is 3.12. The Kier molecular flexibility index (Phi) is 5.23. The van der Waals surface area contributed by atoms with E-state index in [4.69, 9.17) is 16.3 Å². The van der Waals surface area contributed by atoms with Crippen molar-refractivity contribution >= 4 is 17.6 Å². The summed E-state index contributed by atoms with van der Waals surface area (Å²) in [5, 5.41) is 0.756. The topological polar surface area (TPSA) is 29.5 Å². The van der Waals surface area contributed by atoms with Crippen LogP contribution in [0.4, 0.5) is 0 Å². The van der Waals surface area contributed by atoms with Gasteiger partial charge in [0.25, 0.3) is 0 Å². The molecule has 0 bridgehead atoms. The van der Waals surface area contributed by atoms with Crippen LogP contribution in [-0.2, 0) is 16.1 Å². The minimum absolute atomic E-state index is 0.0287. The van der Waals surface area contributed by atoms with Crippen LogP contribution < -0.4 is 0 Å². The maximum atomic E-state index is 11.8. The summed E-state index contributed by atoms with van der Waals surface area (Å²) in [5.41, 5.74) is 1.23. The first-order chi connectivity index (χ1) is 9.19. The van der Waals surface area contributed by atoms with Crippen LogP contribution in [-0.4, -0.2) is 30.6 Å². The van der Waals surface area contributed by atoms with Crippen LogP contribution in [0.5, 0.6) is 0 Å². The second-order valence-electron chi connectivity index (χ2n) is 4.95. The van der Waals surface area contributed by atoms with E-state index in [9.17, 15) is 4.79 Å². The molecule has 0 saturated carbocycles. The van der Waals surface area contributed by atoms with Gasteiger partial charge in [-0.15, -0.1) is 0 Å². The molecule has 2 rings (SSSR count). The van der Waals surface area contributed by atoms with E-state index in [1.807, 2.05) is 31.2 Å². The molecule has 0 aromatic heterocycles. The van der Waals surface area contributed by atoms with Gasteiger partial charge in [-0.25, -0.2) is 0 Å². The highest BCUT2D eigenvalue weighted by Gasteiger charge is 2.26. The van der Waals surface area contributed by atoms with Crippen LogP contribution in [0.2, 0.25) is 5.02 Å². The van der Waals surface area contributed by atoms with Gasteiger partial charge in [0.05, 0.1) is 12.5 Å². The van der Waals surface area contributed by atoms with Crippen molar-refractivity contribution in [1.29, 1.82) is 0 Å². The summed E-state index contributed by atoms with van der Waals surface area (Å²) in [5.74, 6) is -0.0238. The average Bonchev–Trinajstić information content (AvgIpc) is 2.42. The molecule has 1 saturated heterocycles. The summed E-state index contributed by atoms with van der Waals surface area (Å²) in [6.45, 7) is 5.02. The fraction of sp³-hybridized carbons (Fsp3) is 0.533. The van der Waals surface area contributed by atoms with E-state index in [0.717, 1.165) is 37.5 Å². The van der Waals surface area contributed by atoms with Gasteiger partial charge < -0.3 is 4.74 Å². The monoisotopic (exact) mass is 281 g/mol. The predicted molar refractivity (Wildman–Crippen MR) is 76.1 cm³/mol. The number of halogens is 1. The number of hydrogen-bond acceptors (Lipinski definition) is 3. The van der Waals surface area contributed by atoms with Crippen LogP contribution in [0.25, 0.3) is 0 Å². The summed E-state index contributed by atoms with van der Waals surface area (Å²) in [4.78, 5) is 14.1. The number of nitrogens with zero attached hydrogens (tertiary/aromatic N) is 1. The number of benzene rings is 1. The molecule has 19 heavy (non-hydrogen) atoms. The number of carbonyl (C=O) groups is 1. The summed E-state index contributed by atoms with van der Waals surface area (Å²) in [7, 11) is 0. The number of rotatable bonds is 4. The minimum Gasteiger partial charge on any atom is -0.466 e. The molecule has 104 valence electrons. The van der Waals surface area contributed by atoms with E-state index in [2.05, 4.69) is 4.90 Å². The molecule has 0 aliphatic carbocycles. The third kappa shape index (κ3) is 4.22. The number of piperidine rings is 1. The molecule has 0 spiro atoms. The van der Waals surface area contributed by atoms with Gasteiger partial charge in [0.2, 0.25) is 0 Å². The van der Waals surface area contributed by atoms with Crippen molar-refractivity contribution in [2.45, 2.75) is 26.3 Å². The molecule has 1 aromatic rings. The second-order valence-corrected chi connectivity index (χ2v) is 5.39. The van der Waals surface area contributed by atoms with Crippen molar-refractivity contribution < 1.29 is 9.53 Å². The molecule has 3 nitrogen and oxygen atoms in total. The van der Waals surface area contributed by atoms with E-state index >= 15 is 0 Å². The molecule has 0 N–H and O–H groups in total. The molecule has 1 fully saturated rings. The van der Waals surface area contributed by atoms with Crippen molar-refractivity contribution in [3.63, 3.8) is 0 Å². The lowest BCUT2D eigenvalue weighted by Crippen LogP contribution is -2.38. The zero-order valence-electron chi connectivity index (χ0n) is 11.3. The summed E-state index contributed by atoms with van der Waals surface area (Å²) in [6.07, 6.45) is 1.99. The quantitative estimate of drug-likeness (QED) is 0.794. The molecule has 4 heteroatoms. The lowest BCUT2D eigenvalue weighted by molar-refractivity contribution is -0.150. The SMILES string of the molecule is CCOC(=O)[C@H]1CCCN(Cc2ccc(Cl)cc2)C1. The zero-order chi connectivity index (χ0) is 13.7. The van der Waals surface area contributed by atoms with Crippen molar-refractivity contribution in [1.82, 2.24) is 4.90 Å². The normalized spacial score (nSPS) is 20.2. The Morgan fingerprint density at radius 2 is 2.16 bits per heavy atom. The van der Waals surface area contributed by atoms with Crippen molar-refractivity contribution in [3.05, 3.63) is 34.9 Å². The van der Waals surface area contributed by atoms with Crippen LogP contribution in [0.3, 0.4) is 0 Å². The molecular weight excluding hydrogens is 262 g/mol. The highest BCUT2D eigenvalue weighted by Crippen LogP contribution is 2.20. The molecule has 1 atom stereocenters. The molecule has 0 radical (unpaired) electrons. The van der Waals surface area contributed by atoms with Crippen molar-refractivity contribution in [2.24, 2.45) is 5.92 Å². The Labute approximate surface area is 119 Å². The van der Waals surface area contributed by atoms with Gasteiger partial charge in [-0.1, -0.05) is 23.7 Å². The third-order valence-corrected chi connectivity index (χ3v) is 3.70. The average molecular weight is 282 g/mol. The molecule has 1 aliphatic rings. The lowest BCUT2D eigenvalue weighted by Gasteiger charge is -2.31. The Balaban J connectivity index is 1.90. The molecule has 0 amide bonds. The molecule has 1 aliphatic heterocycles. The molecule has 0 unspecified atom stereocenters. The maximum absolute atomic E-state index is 11.8. The molecule has 1 aromatic carbocycles. The van der Waals surface area contributed by atoms with Crippen molar-refractivity contribution in [2.75, 3.05) is 19.7 Å². The first-order valence-corrected chi connectivity index (χ1v) is 7.20. The van der Waals surface area contributed by atoms with E-state index in [1.54, 1.807) is 0 Å². The maximum Gasteiger partial charge on any atom is 0.310 e. The van der Waals surface area contributed by atoms with Gasteiger partial charge in [-0.2, -0.15) is 0 Å². The number of likely N-dealkylation sites (tertiary alicyclic amines) is 1. The van der Waals surface area contributed by atoms with Crippen LogP contribution in [0, 0.1) is 5.92 Å². The first-order valence-electron chi connectivity index (χ1n) is 6.82. The largest absolute Gasteiger partial charge is 0.466 e. The van der Waals surface area contributed by atoms with E-state index in [-0.39, 0.29) is 11.9 Å². The van der Waals surface area contributed by atoms with Crippen LogP contribution >= 0.6 is 11.6 Å². The second kappa shape index (κ2) is 6.92. The number of esters is 1. The Morgan fingerprint density at radius 1 is 1.42 bits per heavy atom. The van der Waals surface area contributed by atoms with Crippen LogP contribution in [0.1, 0.15) is 25.3 Å². The molecule has 1 heterocycles. The van der Waals surface area contributed by atoms with Gasteiger partial charge in [-0.3, -0.25) is 9.69 Å². The third-order valence-electron chi connectivity index (χ3n) is 3.44. The van der Waals surface area contributed by atoms with E-state index in [1.165, 1.54) is 5.56 Å². The summed E-state index contributed by atoms with van der Waals surface area (Å²) in [6, 6.07) is 7.89. The van der Waals surface area contributed by atoms with Crippen LogP contribution in [0.15, 0.2) is 24.3 Å². The smallest absolute Gasteiger partial charge is 0.310 e. The number of carbonyl (C=O) groups excluding carboxylic acids is 1. The Morgan fingerprint density at radius 3 is 2.84 bits per heavy atom. The fourth-order valence-corrected chi connectivity index (χ4v) is 2.63. The highest BCUT2D eigenvalue weighted by atomic mass is 35.5. The fourth-order valence-electron chi connectivity index (χ4n) is 2.50. The highest BCUT2D eigenvalue weighted by molar-refractivity contribution is 6.30. The lowest BCUT2D eigenvalue weighted by atomic mass is 9.98. The summed E-state index contributed by atoms with van der Waals surface area (Å²) < 4.78 is 5.11. The number of hydrogen-bond donors (Lipinski definition) is 0. The van der Waals surface area contributed by atoms with Gasteiger partial charge in [0.1, 0.15) is 0 Å². The zero-order valence-corrected chi connectivity index (χ0v) is 12.0.